The first-order valence-electron chi connectivity index (χ1n) is 17.9. The summed E-state index contributed by atoms with van der Waals surface area (Å²) in [4.78, 5) is 4.55. The van der Waals surface area contributed by atoms with E-state index in [1.807, 2.05) is 0 Å². The Hall–Kier alpha value is -5.26. The number of allylic oxidation sites excluding steroid dienone is 3. The largest absolute Gasteiger partial charge is 0.530 e. The highest BCUT2D eigenvalue weighted by Crippen LogP contribution is 2.57. The van der Waals surface area contributed by atoms with E-state index in [4.69, 9.17) is 4.43 Å². The zero-order valence-electron chi connectivity index (χ0n) is 29.9. The van der Waals surface area contributed by atoms with Crippen molar-refractivity contribution in [1.82, 2.24) is 9.80 Å². The fourth-order valence-electron chi connectivity index (χ4n) is 8.32. The van der Waals surface area contributed by atoms with E-state index >= 15 is 0 Å². The summed E-state index contributed by atoms with van der Waals surface area (Å²) in [5.74, 6) is 1.000. The Balaban J connectivity index is 1.53. The fraction of sp³-hybridized carbons (Fsp3) is 0.149. The Kier molecular flexibility index (Phi) is 8.91. The Morgan fingerprint density at radius 3 is 1.47 bits per heavy atom. The molecule has 2 aliphatic rings. The fourth-order valence-corrected chi connectivity index (χ4v) is 12.9. The lowest BCUT2D eigenvalue weighted by Gasteiger charge is -2.42. The molecule has 0 N–H and O–H groups in total. The summed E-state index contributed by atoms with van der Waals surface area (Å²) in [5, 5.41) is 3.92. The van der Waals surface area contributed by atoms with Gasteiger partial charge in [-0.1, -0.05) is 164 Å². The molecule has 51 heavy (non-hydrogen) atoms. The van der Waals surface area contributed by atoms with Crippen molar-refractivity contribution in [3.8, 4) is 0 Å². The summed E-state index contributed by atoms with van der Waals surface area (Å²) >= 11 is 0. The van der Waals surface area contributed by atoms with Crippen LogP contribution in [0.1, 0.15) is 39.3 Å². The van der Waals surface area contributed by atoms with Crippen molar-refractivity contribution in [1.29, 1.82) is 0 Å². The summed E-state index contributed by atoms with van der Waals surface area (Å²) in [6, 6.07) is 60.2. The van der Waals surface area contributed by atoms with Gasteiger partial charge in [0.05, 0.1) is 0 Å². The molecule has 8 rings (SSSR count). The van der Waals surface area contributed by atoms with E-state index in [1.165, 1.54) is 65.7 Å². The molecule has 0 saturated carbocycles. The molecule has 0 aromatic heterocycles. The maximum Gasteiger partial charge on any atom is 0.348 e. The maximum atomic E-state index is 8.24. The van der Waals surface area contributed by atoms with Gasteiger partial charge >= 0.3 is 8.32 Å². The normalized spacial score (nSPS) is 16.3. The van der Waals surface area contributed by atoms with Crippen LogP contribution in [0.3, 0.4) is 0 Å². The number of benzene rings is 6. The standard InChI is InChI=1S/C47H44N2OSi/c1-48(2)32-37-26-14-17-29-40(37)51(41-30-18-15-27-38(41)33-49(3)4)42-31-19-16-28-39(42)46-44(35-22-10-6-11-23-35)43(34-20-8-5-9-21-34)45(47(46)50-51)36-24-12-7-13-25-36/h5-31,44H,32-33H2,1-4H3. The van der Waals surface area contributed by atoms with E-state index < -0.39 is 8.32 Å². The second-order valence-electron chi connectivity index (χ2n) is 14.2. The predicted octanol–water partition coefficient (Wildman–Crippen LogP) is 7.93. The van der Waals surface area contributed by atoms with Gasteiger partial charge in [-0.2, -0.15) is 0 Å². The van der Waals surface area contributed by atoms with Gasteiger partial charge < -0.3 is 14.2 Å². The zero-order valence-corrected chi connectivity index (χ0v) is 30.9. The van der Waals surface area contributed by atoms with Crippen molar-refractivity contribution in [3.05, 3.63) is 203 Å². The van der Waals surface area contributed by atoms with Gasteiger partial charge in [0.1, 0.15) is 5.76 Å². The lowest BCUT2D eigenvalue weighted by molar-refractivity contribution is 0.401. The molecule has 3 nitrogen and oxygen atoms in total. The van der Waals surface area contributed by atoms with Gasteiger partial charge in [0, 0.05) is 30.2 Å². The van der Waals surface area contributed by atoms with E-state index in [9.17, 15) is 0 Å². The van der Waals surface area contributed by atoms with Crippen LogP contribution in [0.15, 0.2) is 170 Å². The number of hydrogen-bond donors (Lipinski definition) is 0. The first-order valence-corrected chi connectivity index (χ1v) is 19.8. The van der Waals surface area contributed by atoms with Crippen molar-refractivity contribution < 1.29 is 4.43 Å². The number of rotatable bonds is 9. The zero-order chi connectivity index (χ0) is 35.0. The Morgan fingerprint density at radius 2 is 0.922 bits per heavy atom. The molecule has 0 bridgehead atoms. The molecule has 6 aromatic rings. The first kappa shape index (κ1) is 32.9. The third-order valence-electron chi connectivity index (χ3n) is 10.2. The molecule has 1 unspecified atom stereocenters. The van der Waals surface area contributed by atoms with E-state index in [0.29, 0.717) is 0 Å². The van der Waals surface area contributed by atoms with Crippen molar-refractivity contribution in [2.24, 2.45) is 0 Å². The Morgan fingerprint density at radius 1 is 0.471 bits per heavy atom. The lowest BCUT2D eigenvalue weighted by atomic mass is 9.81. The van der Waals surface area contributed by atoms with Crippen LogP contribution in [0, 0.1) is 0 Å². The van der Waals surface area contributed by atoms with E-state index in [1.54, 1.807) is 0 Å². The van der Waals surface area contributed by atoms with Gasteiger partial charge in [-0.25, -0.2) is 0 Å². The van der Waals surface area contributed by atoms with Crippen LogP contribution in [-0.2, 0) is 17.5 Å². The SMILES string of the molecule is CN(C)Cc1ccccc1[Si]1(c2ccccc2CN(C)C)OC2=C(c3ccccc31)C(c1ccccc1)C(c1ccccc1)=C2c1ccccc1. The van der Waals surface area contributed by atoms with E-state index in [0.717, 1.165) is 18.8 Å². The minimum absolute atomic E-state index is 0.0130. The minimum Gasteiger partial charge on any atom is -0.530 e. The van der Waals surface area contributed by atoms with Crippen molar-refractivity contribution in [2.45, 2.75) is 19.0 Å². The summed E-state index contributed by atoms with van der Waals surface area (Å²) in [6.45, 7) is 1.64. The van der Waals surface area contributed by atoms with Gasteiger partial charge in [0.2, 0.25) is 0 Å². The van der Waals surface area contributed by atoms with Crippen molar-refractivity contribution in [3.63, 3.8) is 0 Å². The highest BCUT2D eigenvalue weighted by atomic mass is 28.4. The molecule has 0 spiro atoms. The summed E-state index contributed by atoms with van der Waals surface area (Å²) < 4.78 is 8.24. The monoisotopic (exact) mass is 680 g/mol. The number of fused-ring (bicyclic) bond motifs is 2. The third kappa shape index (κ3) is 5.80. The second kappa shape index (κ2) is 13.8. The van der Waals surface area contributed by atoms with Crippen LogP contribution in [0.2, 0.25) is 0 Å². The molecule has 1 aliphatic carbocycles. The molecule has 1 aliphatic heterocycles. The second-order valence-corrected chi connectivity index (χ2v) is 17.4. The van der Waals surface area contributed by atoms with Crippen LogP contribution < -0.4 is 15.6 Å². The molecule has 0 amide bonds. The van der Waals surface area contributed by atoms with Crippen LogP contribution in [-0.4, -0.2) is 46.3 Å². The summed E-state index contributed by atoms with van der Waals surface area (Å²) in [6.07, 6.45) is 0. The minimum atomic E-state index is -3.25. The quantitative estimate of drug-likeness (QED) is 0.144. The highest BCUT2D eigenvalue weighted by Gasteiger charge is 2.54. The van der Waals surface area contributed by atoms with Gasteiger partial charge in [-0.15, -0.1) is 0 Å². The highest BCUT2D eigenvalue weighted by molar-refractivity contribution is 7.08. The Bertz CT molecular complexity index is 2190. The van der Waals surface area contributed by atoms with Crippen LogP contribution in [0.25, 0.3) is 16.7 Å². The maximum absolute atomic E-state index is 8.24. The summed E-state index contributed by atoms with van der Waals surface area (Å²) in [7, 11) is 5.39. The molecule has 4 heteroatoms. The molecule has 0 radical (unpaired) electrons. The first-order chi connectivity index (χ1) is 25.0. The van der Waals surface area contributed by atoms with Gasteiger partial charge in [0.15, 0.2) is 0 Å². The topological polar surface area (TPSA) is 15.7 Å². The molecule has 252 valence electrons. The molecule has 1 atom stereocenters. The van der Waals surface area contributed by atoms with Gasteiger partial charge in [-0.05, 0) is 82.7 Å². The predicted molar refractivity (Wildman–Crippen MR) is 216 cm³/mol. The van der Waals surface area contributed by atoms with Gasteiger partial charge in [0.25, 0.3) is 0 Å². The van der Waals surface area contributed by atoms with Crippen LogP contribution in [0.5, 0.6) is 0 Å². The molecular weight excluding hydrogens is 637 g/mol. The molecular formula is C47H44N2OSi. The smallest absolute Gasteiger partial charge is 0.348 e. The number of nitrogens with zero attached hydrogens (tertiary/aromatic N) is 2. The average Bonchev–Trinajstić information content (AvgIpc) is 3.50. The number of hydrogen-bond acceptors (Lipinski definition) is 3. The molecule has 0 saturated heterocycles. The Labute approximate surface area is 303 Å². The van der Waals surface area contributed by atoms with E-state index in [2.05, 4.69) is 202 Å². The van der Waals surface area contributed by atoms with Crippen molar-refractivity contribution >= 4 is 40.6 Å². The van der Waals surface area contributed by atoms with E-state index in [-0.39, 0.29) is 5.92 Å². The lowest BCUT2D eigenvalue weighted by Crippen LogP contribution is -2.72. The average molecular weight is 681 g/mol. The molecule has 6 aromatic carbocycles. The molecule has 1 heterocycles. The van der Waals surface area contributed by atoms with Crippen LogP contribution in [0.4, 0.5) is 0 Å². The van der Waals surface area contributed by atoms with Crippen LogP contribution >= 0.6 is 0 Å². The third-order valence-corrected chi connectivity index (χ3v) is 14.4. The van der Waals surface area contributed by atoms with Gasteiger partial charge in [-0.3, -0.25) is 0 Å². The molecule has 0 fully saturated rings. The van der Waals surface area contributed by atoms with Crippen molar-refractivity contribution in [2.75, 3.05) is 28.2 Å². The summed E-state index contributed by atoms with van der Waals surface area (Å²) in [5.41, 5.74) is 11.3.